The monoisotopic (exact) mass is 267 g/mol. The highest BCUT2D eigenvalue weighted by Gasteiger charge is 2.39. The summed E-state index contributed by atoms with van der Waals surface area (Å²) < 4.78 is 0. The summed E-state index contributed by atoms with van der Waals surface area (Å²) in [6.07, 6.45) is 6.28. The van der Waals surface area contributed by atoms with Crippen LogP contribution in [0.4, 0.5) is 0 Å². The molecule has 0 radical (unpaired) electrons. The quantitative estimate of drug-likeness (QED) is 0.771. The van der Waals surface area contributed by atoms with Crippen molar-refractivity contribution in [1.29, 1.82) is 0 Å². The van der Waals surface area contributed by atoms with Crippen molar-refractivity contribution < 1.29 is 14.4 Å². The highest BCUT2D eigenvalue weighted by molar-refractivity contribution is 5.87. The van der Waals surface area contributed by atoms with Crippen LogP contribution in [0.3, 0.4) is 0 Å². The first kappa shape index (κ1) is 12.9. The number of carbonyl (C=O) groups excluding carboxylic acids is 2. The maximum Gasteiger partial charge on any atom is 0.252 e. The molecular formula is C13H21N3O3. The molecule has 2 aliphatic heterocycles. The maximum absolute atomic E-state index is 11.8. The largest absolute Gasteiger partial charge is 0.351 e. The van der Waals surface area contributed by atoms with E-state index >= 15 is 0 Å². The number of carbonyl (C=O) groups is 2. The third-order valence-electron chi connectivity index (χ3n) is 4.33. The van der Waals surface area contributed by atoms with Gasteiger partial charge >= 0.3 is 0 Å². The predicted molar refractivity (Wildman–Crippen MR) is 67.7 cm³/mol. The van der Waals surface area contributed by atoms with Crippen molar-refractivity contribution >= 4 is 11.8 Å². The molecule has 0 aromatic heterocycles. The molecule has 2 saturated heterocycles. The summed E-state index contributed by atoms with van der Waals surface area (Å²) in [4.78, 5) is 30.4. The minimum absolute atomic E-state index is 0.0660. The zero-order valence-electron chi connectivity index (χ0n) is 11.1. The van der Waals surface area contributed by atoms with E-state index in [1.54, 1.807) is 4.90 Å². The number of hydroxylamine groups is 2. The zero-order valence-corrected chi connectivity index (χ0v) is 11.1. The van der Waals surface area contributed by atoms with E-state index in [1.807, 2.05) is 5.06 Å². The number of nitrogens with one attached hydrogen (secondary N) is 1. The van der Waals surface area contributed by atoms with Crippen molar-refractivity contribution in [2.24, 2.45) is 5.92 Å². The minimum Gasteiger partial charge on any atom is -0.351 e. The van der Waals surface area contributed by atoms with E-state index in [-0.39, 0.29) is 31.1 Å². The van der Waals surface area contributed by atoms with E-state index in [9.17, 15) is 9.59 Å². The standard InChI is InChI=1S/C13H21N3O3/c17-11-8-15-12(6-14-11)16(19-9-13(15)18)7-10-4-2-1-3-5-10/h10,12H,1-9H2,(H,14,17). The Bertz CT molecular complexity index is 368. The average Bonchev–Trinajstić information content (AvgIpc) is 2.43. The van der Waals surface area contributed by atoms with Crippen molar-refractivity contribution in [3.05, 3.63) is 0 Å². The fourth-order valence-electron chi connectivity index (χ4n) is 3.25. The molecule has 3 rings (SSSR count). The topological polar surface area (TPSA) is 61.9 Å². The van der Waals surface area contributed by atoms with E-state index in [0.717, 1.165) is 6.54 Å². The number of rotatable bonds is 2. The SMILES string of the molecule is O=C1CN2C(=O)CON(CC3CCCCC3)C2CN1. The van der Waals surface area contributed by atoms with Crippen LogP contribution in [0, 0.1) is 5.92 Å². The first-order valence-corrected chi connectivity index (χ1v) is 7.20. The lowest BCUT2D eigenvalue weighted by atomic mass is 9.89. The Morgan fingerprint density at radius 2 is 2.00 bits per heavy atom. The lowest BCUT2D eigenvalue weighted by Gasteiger charge is -2.46. The fourth-order valence-corrected chi connectivity index (χ4v) is 3.25. The molecule has 0 spiro atoms. The summed E-state index contributed by atoms with van der Waals surface area (Å²) in [5.41, 5.74) is 0. The van der Waals surface area contributed by atoms with Gasteiger partial charge in [-0.25, -0.2) is 0 Å². The van der Waals surface area contributed by atoms with Crippen LogP contribution in [-0.2, 0) is 14.4 Å². The van der Waals surface area contributed by atoms with E-state index in [4.69, 9.17) is 4.84 Å². The van der Waals surface area contributed by atoms with Gasteiger partial charge in [0.15, 0.2) is 0 Å². The third kappa shape index (κ3) is 2.74. The van der Waals surface area contributed by atoms with E-state index in [2.05, 4.69) is 5.32 Å². The van der Waals surface area contributed by atoms with Gasteiger partial charge in [0, 0.05) is 6.54 Å². The van der Waals surface area contributed by atoms with Crippen molar-refractivity contribution in [2.75, 3.05) is 26.2 Å². The van der Waals surface area contributed by atoms with Gasteiger partial charge in [-0.3, -0.25) is 14.4 Å². The summed E-state index contributed by atoms with van der Waals surface area (Å²) in [5.74, 6) is 0.491. The minimum atomic E-state index is -0.124. The van der Waals surface area contributed by atoms with Gasteiger partial charge in [-0.1, -0.05) is 19.3 Å². The number of hydrogen-bond acceptors (Lipinski definition) is 4. The van der Waals surface area contributed by atoms with E-state index in [1.165, 1.54) is 32.1 Å². The smallest absolute Gasteiger partial charge is 0.252 e. The summed E-state index contributed by atoms with van der Waals surface area (Å²) in [5, 5.41) is 4.73. The van der Waals surface area contributed by atoms with Gasteiger partial charge in [-0.05, 0) is 18.8 Å². The Labute approximate surface area is 113 Å². The Kier molecular flexibility index (Phi) is 3.70. The van der Waals surface area contributed by atoms with Crippen LogP contribution in [0.15, 0.2) is 0 Å². The maximum atomic E-state index is 11.8. The summed E-state index contributed by atoms with van der Waals surface area (Å²) in [6.45, 7) is 1.56. The Hall–Kier alpha value is -1.14. The first-order valence-electron chi connectivity index (χ1n) is 7.20. The third-order valence-corrected chi connectivity index (χ3v) is 4.33. The molecule has 1 aliphatic carbocycles. The molecule has 2 heterocycles. The Morgan fingerprint density at radius 1 is 1.21 bits per heavy atom. The number of fused-ring (bicyclic) bond motifs is 1. The lowest BCUT2D eigenvalue weighted by Crippen LogP contribution is -2.66. The summed E-state index contributed by atoms with van der Waals surface area (Å²) in [7, 11) is 0. The predicted octanol–water partition coefficient (Wildman–Crippen LogP) is 0.0984. The number of piperazine rings is 1. The molecule has 3 fully saturated rings. The average molecular weight is 267 g/mol. The fraction of sp³-hybridized carbons (Fsp3) is 0.846. The van der Waals surface area contributed by atoms with Crippen LogP contribution in [0.2, 0.25) is 0 Å². The molecule has 0 bridgehead atoms. The van der Waals surface area contributed by atoms with Gasteiger partial charge in [0.05, 0.1) is 6.54 Å². The molecule has 0 aromatic rings. The van der Waals surface area contributed by atoms with Crippen molar-refractivity contribution in [1.82, 2.24) is 15.3 Å². The molecule has 6 nitrogen and oxygen atoms in total. The van der Waals surface area contributed by atoms with Gasteiger partial charge in [-0.15, -0.1) is 0 Å². The van der Waals surface area contributed by atoms with Crippen LogP contribution in [0.25, 0.3) is 0 Å². The van der Waals surface area contributed by atoms with Crippen LogP contribution in [-0.4, -0.2) is 54.2 Å². The summed E-state index contributed by atoms with van der Waals surface area (Å²) >= 11 is 0. The Morgan fingerprint density at radius 3 is 2.79 bits per heavy atom. The van der Waals surface area contributed by atoms with Crippen LogP contribution < -0.4 is 5.32 Å². The van der Waals surface area contributed by atoms with Gasteiger partial charge < -0.3 is 10.2 Å². The highest BCUT2D eigenvalue weighted by atomic mass is 16.7. The molecule has 0 aromatic carbocycles. The molecule has 6 heteroatoms. The molecule has 3 aliphatic rings. The van der Waals surface area contributed by atoms with Crippen molar-refractivity contribution in [3.8, 4) is 0 Å². The van der Waals surface area contributed by atoms with Gasteiger partial charge in [-0.2, -0.15) is 5.06 Å². The molecule has 1 N–H and O–H groups in total. The number of amides is 2. The van der Waals surface area contributed by atoms with Crippen molar-refractivity contribution in [2.45, 2.75) is 38.3 Å². The second kappa shape index (κ2) is 5.46. The second-order valence-electron chi connectivity index (χ2n) is 5.68. The molecule has 106 valence electrons. The summed E-state index contributed by atoms with van der Waals surface area (Å²) in [6, 6.07) is 0. The van der Waals surface area contributed by atoms with E-state index in [0.29, 0.717) is 12.5 Å². The first-order chi connectivity index (χ1) is 9.24. The normalized spacial score (nSPS) is 30.1. The van der Waals surface area contributed by atoms with Gasteiger partial charge in [0.25, 0.3) is 5.91 Å². The van der Waals surface area contributed by atoms with Crippen LogP contribution >= 0.6 is 0 Å². The second-order valence-corrected chi connectivity index (χ2v) is 5.68. The highest BCUT2D eigenvalue weighted by Crippen LogP contribution is 2.26. The lowest BCUT2D eigenvalue weighted by molar-refractivity contribution is -0.254. The molecule has 19 heavy (non-hydrogen) atoms. The van der Waals surface area contributed by atoms with Crippen LogP contribution in [0.5, 0.6) is 0 Å². The number of nitrogens with zero attached hydrogens (tertiary/aromatic N) is 2. The molecular weight excluding hydrogens is 246 g/mol. The van der Waals surface area contributed by atoms with Crippen molar-refractivity contribution in [3.63, 3.8) is 0 Å². The zero-order chi connectivity index (χ0) is 13.2. The molecule has 1 atom stereocenters. The molecule has 2 amide bonds. The van der Waals surface area contributed by atoms with Crippen LogP contribution in [0.1, 0.15) is 32.1 Å². The van der Waals surface area contributed by atoms with Gasteiger partial charge in [0.1, 0.15) is 19.3 Å². The Balaban J connectivity index is 1.64. The van der Waals surface area contributed by atoms with E-state index < -0.39 is 0 Å². The molecule has 1 saturated carbocycles. The number of hydrogen-bond donors (Lipinski definition) is 1. The van der Waals surface area contributed by atoms with Gasteiger partial charge in [0.2, 0.25) is 5.91 Å². The molecule has 1 unspecified atom stereocenters.